The number of benzene rings is 2. The van der Waals surface area contributed by atoms with Crippen LogP contribution in [0.4, 0.5) is 5.69 Å². The molecular formula is C22H22ClN3O2. The van der Waals surface area contributed by atoms with Crippen molar-refractivity contribution >= 4 is 40.0 Å². The normalized spacial score (nSPS) is 16.7. The van der Waals surface area contributed by atoms with Crippen molar-refractivity contribution in [3.8, 4) is 0 Å². The van der Waals surface area contributed by atoms with Crippen LogP contribution in [0.2, 0.25) is 5.02 Å². The van der Waals surface area contributed by atoms with E-state index in [0.29, 0.717) is 23.8 Å². The van der Waals surface area contributed by atoms with E-state index in [2.05, 4.69) is 35.4 Å². The van der Waals surface area contributed by atoms with Crippen LogP contribution in [-0.2, 0) is 16.0 Å². The molecule has 1 aliphatic rings. The predicted octanol–water partition coefficient (Wildman–Crippen LogP) is 4.16. The smallest absolute Gasteiger partial charge is 0.229 e. The summed E-state index contributed by atoms with van der Waals surface area (Å²) in [6, 6.07) is 13.3. The molecule has 4 rings (SSSR count). The van der Waals surface area contributed by atoms with Gasteiger partial charge in [-0.15, -0.1) is 0 Å². The number of likely N-dealkylation sites (tertiary alicyclic amines) is 1. The Bertz CT molecular complexity index is 1030. The molecule has 0 aliphatic carbocycles. The molecule has 1 atom stereocenters. The van der Waals surface area contributed by atoms with E-state index in [0.717, 1.165) is 11.9 Å². The number of aryl methyl sites for hydroxylation is 1. The number of carbonyl (C=O) groups is 2. The number of nitrogens with zero attached hydrogens (tertiary/aromatic N) is 1. The van der Waals surface area contributed by atoms with Crippen molar-refractivity contribution in [2.75, 3.05) is 18.4 Å². The third-order valence-electron chi connectivity index (χ3n) is 5.27. The van der Waals surface area contributed by atoms with Crippen LogP contribution in [-0.4, -0.2) is 34.8 Å². The third kappa shape index (κ3) is 3.90. The van der Waals surface area contributed by atoms with Gasteiger partial charge in [-0.05, 0) is 55.3 Å². The van der Waals surface area contributed by atoms with Gasteiger partial charge >= 0.3 is 0 Å². The summed E-state index contributed by atoms with van der Waals surface area (Å²) in [7, 11) is 0. The average molecular weight is 396 g/mol. The Morgan fingerprint density at radius 3 is 2.82 bits per heavy atom. The molecule has 2 aromatic carbocycles. The van der Waals surface area contributed by atoms with Gasteiger partial charge in [-0.1, -0.05) is 23.2 Å². The molecule has 0 bridgehead atoms. The van der Waals surface area contributed by atoms with E-state index in [1.807, 2.05) is 6.20 Å². The lowest BCUT2D eigenvalue weighted by Gasteiger charge is -2.16. The van der Waals surface area contributed by atoms with Gasteiger partial charge in [0.25, 0.3) is 0 Å². The summed E-state index contributed by atoms with van der Waals surface area (Å²) in [5.74, 6) is -0.415. The number of halogens is 1. The summed E-state index contributed by atoms with van der Waals surface area (Å²) in [5.41, 5.74) is 4.20. The Kier molecular flexibility index (Phi) is 5.09. The molecule has 2 amide bonds. The van der Waals surface area contributed by atoms with Crippen molar-refractivity contribution in [2.45, 2.75) is 19.8 Å². The zero-order valence-corrected chi connectivity index (χ0v) is 16.4. The average Bonchev–Trinajstić information content (AvgIpc) is 3.25. The van der Waals surface area contributed by atoms with Crippen molar-refractivity contribution in [3.05, 3.63) is 64.8 Å². The number of aromatic nitrogens is 1. The summed E-state index contributed by atoms with van der Waals surface area (Å²) >= 11 is 5.87. The summed E-state index contributed by atoms with van der Waals surface area (Å²) in [6.45, 7) is 3.15. The molecule has 1 fully saturated rings. The standard InChI is InChI=1S/C22H22ClN3O2/c1-14-2-7-20-19(10-14)15(12-24-20)8-9-26-13-16(11-21(26)27)22(28)25-18-5-3-17(23)4-6-18/h2-7,10,12,16,24H,8-9,11,13H2,1H3,(H,25,28)/t16-/m1/s1. The van der Waals surface area contributed by atoms with Crippen LogP contribution in [0.25, 0.3) is 10.9 Å². The maximum atomic E-state index is 12.5. The van der Waals surface area contributed by atoms with Gasteiger partial charge in [-0.25, -0.2) is 0 Å². The van der Waals surface area contributed by atoms with Gasteiger partial charge in [0.05, 0.1) is 5.92 Å². The molecule has 1 aromatic heterocycles. The van der Waals surface area contributed by atoms with E-state index >= 15 is 0 Å². The highest BCUT2D eigenvalue weighted by atomic mass is 35.5. The fourth-order valence-electron chi connectivity index (χ4n) is 3.70. The minimum atomic E-state index is -0.326. The second-order valence-electron chi connectivity index (χ2n) is 7.35. The first-order valence-electron chi connectivity index (χ1n) is 9.40. The predicted molar refractivity (Wildman–Crippen MR) is 112 cm³/mol. The number of anilines is 1. The van der Waals surface area contributed by atoms with E-state index in [9.17, 15) is 9.59 Å². The third-order valence-corrected chi connectivity index (χ3v) is 5.52. The SMILES string of the molecule is Cc1ccc2[nH]cc(CCN3C[C@H](C(=O)Nc4ccc(Cl)cc4)CC3=O)c2c1. The second kappa shape index (κ2) is 7.68. The van der Waals surface area contributed by atoms with Gasteiger partial charge in [-0.2, -0.15) is 0 Å². The Morgan fingerprint density at radius 1 is 1.25 bits per heavy atom. The molecule has 0 radical (unpaired) electrons. The van der Waals surface area contributed by atoms with Crippen LogP contribution < -0.4 is 5.32 Å². The monoisotopic (exact) mass is 395 g/mol. The number of rotatable bonds is 5. The molecule has 0 spiro atoms. The molecule has 3 aromatic rings. The summed E-state index contributed by atoms with van der Waals surface area (Å²) in [6.07, 6.45) is 3.03. The molecule has 1 saturated heterocycles. The van der Waals surface area contributed by atoms with Crippen molar-refractivity contribution in [3.63, 3.8) is 0 Å². The molecular weight excluding hydrogens is 374 g/mol. The van der Waals surface area contributed by atoms with Gasteiger partial charge in [0.15, 0.2) is 0 Å². The number of hydrogen-bond acceptors (Lipinski definition) is 2. The van der Waals surface area contributed by atoms with Gasteiger partial charge in [-0.3, -0.25) is 9.59 Å². The first kappa shape index (κ1) is 18.6. The Labute approximate surface area is 168 Å². The van der Waals surface area contributed by atoms with E-state index in [-0.39, 0.29) is 24.2 Å². The van der Waals surface area contributed by atoms with Crippen molar-refractivity contribution < 1.29 is 9.59 Å². The van der Waals surface area contributed by atoms with Gasteiger partial charge in [0.2, 0.25) is 11.8 Å². The van der Waals surface area contributed by atoms with Crippen LogP contribution in [0, 0.1) is 12.8 Å². The molecule has 2 N–H and O–H groups in total. The van der Waals surface area contributed by atoms with Crippen LogP contribution in [0.15, 0.2) is 48.7 Å². The molecule has 1 aliphatic heterocycles. The van der Waals surface area contributed by atoms with Gasteiger partial charge < -0.3 is 15.2 Å². The number of hydrogen-bond donors (Lipinski definition) is 2. The molecule has 144 valence electrons. The number of fused-ring (bicyclic) bond motifs is 1. The molecule has 2 heterocycles. The number of H-pyrrole nitrogens is 1. The lowest BCUT2D eigenvalue weighted by molar-refractivity contribution is -0.128. The van der Waals surface area contributed by atoms with Crippen molar-refractivity contribution in [1.29, 1.82) is 0 Å². The Morgan fingerprint density at radius 2 is 2.04 bits per heavy atom. The van der Waals surface area contributed by atoms with Crippen LogP contribution in [0.5, 0.6) is 0 Å². The van der Waals surface area contributed by atoms with Crippen LogP contribution >= 0.6 is 11.6 Å². The van der Waals surface area contributed by atoms with Crippen molar-refractivity contribution in [1.82, 2.24) is 9.88 Å². The highest BCUT2D eigenvalue weighted by molar-refractivity contribution is 6.30. The van der Waals surface area contributed by atoms with Crippen LogP contribution in [0.1, 0.15) is 17.5 Å². The fraction of sp³-hybridized carbons (Fsp3) is 0.273. The number of carbonyl (C=O) groups excluding carboxylic acids is 2. The van der Waals surface area contributed by atoms with E-state index in [4.69, 9.17) is 11.6 Å². The maximum absolute atomic E-state index is 12.5. The van der Waals surface area contributed by atoms with E-state index < -0.39 is 0 Å². The van der Waals surface area contributed by atoms with Gasteiger partial charge in [0.1, 0.15) is 0 Å². The van der Waals surface area contributed by atoms with E-state index in [1.165, 1.54) is 16.5 Å². The lowest BCUT2D eigenvalue weighted by atomic mass is 10.1. The largest absolute Gasteiger partial charge is 0.361 e. The Hall–Kier alpha value is -2.79. The summed E-state index contributed by atoms with van der Waals surface area (Å²) in [4.78, 5) is 30.0. The highest BCUT2D eigenvalue weighted by Gasteiger charge is 2.34. The summed E-state index contributed by atoms with van der Waals surface area (Å²) < 4.78 is 0. The van der Waals surface area contributed by atoms with Crippen LogP contribution in [0.3, 0.4) is 0 Å². The number of amides is 2. The first-order chi connectivity index (χ1) is 13.5. The topological polar surface area (TPSA) is 65.2 Å². The zero-order valence-electron chi connectivity index (χ0n) is 15.7. The minimum absolute atomic E-state index is 0.0345. The number of nitrogens with one attached hydrogen (secondary N) is 2. The highest BCUT2D eigenvalue weighted by Crippen LogP contribution is 2.24. The Balaban J connectivity index is 1.37. The second-order valence-corrected chi connectivity index (χ2v) is 7.79. The fourth-order valence-corrected chi connectivity index (χ4v) is 3.82. The molecule has 6 heteroatoms. The molecule has 28 heavy (non-hydrogen) atoms. The molecule has 0 saturated carbocycles. The minimum Gasteiger partial charge on any atom is -0.361 e. The number of aromatic amines is 1. The molecule has 5 nitrogen and oxygen atoms in total. The maximum Gasteiger partial charge on any atom is 0.229 e. The zero-order chi connectivity index (χ0) is 19.7. The lowest BCUT2D eigenvalue weighted by Crippen LogP contribution is -2.30. The van der Waals surface area contributed by atoms with E-state index in [1.54, 1.807) is 29.2 Å². The summed E-state index contributed by atoms with van der Waals surface area (Å²) in [5, 5.41) is 4.69. The quantitative estimate of drug-likeness (QED) is 0.681. The van der Waals surface area contributed by atoms with Crippen molar-refractivity contribution in [2.24, 2.45) is 5.92 Å². The first-order valence-corrected chi connectivity index (χ1v) is 9.78. The molecule has 0 unspecified atom stereocenters. The van der Waals surface area contributed by atoms with Gasteiger partial charge in [0, 0.05) is 47.3 Å².